The van der Waals surface area contributed by atoms with Crippen LogP contribution in [0.1, 0.15) is 138 Å². The van der Waals surface area contributed by atoms with Gasteiger partial charge in [-0.2, -0.15) is 15.8 Å². The summed E-state index contributed by atoms with van der Waals surface area (Å²) >= 11 is 0. The summed E-state index contributed by atoms with van der Waals surface area (Å²) in [5.41, 5.74) is 2.63. The second-order valence-electron chi connectivity index (χ2n) is 16.3. The maximum atomic E-state index is 13.4. The topological polar surface area (TPSA) is 97.7 Å². The standard InChI is InChI=1S/C16H20FN.C16H21N.C15H15F2NO2/c1-12-2-4-13(5-3-12)6-7-14-8-9-15(11-18)16(17)10-14;1-13-2-4-14(5-3-13)6-7-15-8-10-16(12-17)11-9-15;1-9-2-4-10(5-3-9)15(19)20-11-6-13(16)12(8-18)14(17)7-11/h8-10,12-13H,2-7H2,1H3;8-11,13-14H,2-7H2,1H3;6-7,9-10H,2-5H2,1H3. The molecule has 3 aliphatic carbocycles. The number of carbonyl (C=O) groups is 1. The van der Waals surface area contributed by atoms with Crippen molar-refractivity contribution in [2.45, 2.75) is 124 Å². The highest BCUT2D eigenvalue weighted by atomic mass is 19.1. The zero-order valence-corrected chi connectivity index (χ0v) is 32.8. The highest BCUT2D eigenvalue weighted by Gasteiger charge is 2.26. The SMILES string of the molecule is CC1CCC(C(=O)Oc2cc(F)c(C#N)c(F)c2)CC1.CC1CCC(CCc2ccc(C#N)c(F)c2)CC1.CC1CCC(CCc2ccc(C#N)cc2)CC1. The second-order valence-corrected chi connectivity index (χ2v) is 16.3. The number of ether oxygens (including phenoxy) is 1. The molecule has 0 unspecified atom stereocenters. The van der Waals surface area contributed by atoms with E-state index in [-0.39, 0.29) is 23.0 Å². The molecule has 292 valence electrons. The quantitative estimate of drug-likeness (QED) is 0.169. The largest absolute Gasteiger partial charge is 0.426 e. The van der Waals surface area contributed by atoms with Crippen LogP contribution in [-0.2, 0) is 17.6 Å². The first-order valence-corrected chi connectivity index (χ1v) is 20.3. The van der Waals surface area contributed by atoms with E-state index in [0.29, 0.717) is 5.92 Å². The fourth-order valence-corrected chi connectivity index (χ4v) is 7.94. The zero-order chi connectivity index (χ0) is 39.7. The van der Waals surface area contributed by atoms with Gasteiger partial charge in [0.2, 0.25) is 0 Å². The third-order valence-corrected chi connectivity index (χ3v) is 11.9. The molecule has 0 atom stereocenters. The summed E-state index contributed by atoms with van der Waals surface area (Å²) in [4.78, 5) is 11.9. The van der Waals surface area contributed by atoms with Crippen LogP contribution in [0.4, 0.5) is 13.2 Å². The first-order chi connectivity index (χ1) is 26.5. The molecule has 3 saturated carbocycles. The first-order valence-electron chi connectivity index (χ1n) is 20.3. The van der Waals surface area contributed by atoms with Crippen molar-refractivity contribution in [1.82, 2.24) is 0 Å². The van der Waals surface area contributed by atoms with E-state index >= 15 is 0 Å². The minimum absolute atomic E-state index is 0.144. The molecule has 0 aliphatic heterocycles. The maximum Gasteiger partial charge on any atom is 0.314 e. The lowest BCUT2D eigenvalue weighted by atomic mass is 9.80. The maximum absolute atomic E-state index is 13.4. The van der Waals surface area contributed by atoms with Crippen LogP contribution in [0.5, 0.6) is 5.75 Å². The van der Waals surface area contributed by atoms with E-state index in [4.69, 9.17) is 20.5 Å². The van der Waals surface area contributed by atoms with Crippen molar-refractivity contribution in [2.24, 2.45) is 35.5 Å². The number of halogens is 3. The van der Waals surface area contributed by atoms with Gasteiger partial charge in [-0.25, -0.2) is 13.2 Å². The Kier molecular flexibility index (Phi) is 17.3. The molecule has 0 amide bonds. The average Bonchev–Trinajstić information content (AvgIpc) is 3.18. The van der Waals surface area contributed by atoms with Crippen molar-refractivity contribution < 1.29 is 22.7 Å². The number of benzene rings is 3. The molecule has 0 saturated heterocycles. The highest BCUT2D eigenvalue weighted by Crippen LogP contribution is 2.33. The van der Waals surface area contributed by atoms with Gasteiger partial charge in [0.25, 0.3) is 0 Å². The van der Waals surface area contributed by atoms with Crippen LogP contribution in [0, 0.1) is 87.0 Å². The van der Waals surface area contributed by atoms with Gasteiger partial charge in [0.1, 0.15) is 40.9 Å². The molecule has 0 N–H and O–H groups in total. The lowest BCUT2D eigenvalue weighted by Crippen LogP contribution is -2.25. The van der Waals surface area contributed by atoms with Crippen molar-refractivity contribution in [3.8, 4) is 24.0 Å². The molecular formula is C47H56F3N3O2. The molecule has 0 aromatic heterocycles. The van der Waals surface area contributed by atoms with E-state index in [1.165, 1.54) is 81.9 Å². The van der Waals surface area contributed by atoms with Crippen LogP contribution in [0.15, 0.2) is 54.6 Å². The number of carbonyl (C=O) groups excluding carboxylic acids is 1. The van der Waals surface area contributed by atoms with Crippen LogP contribution in [0.2, 0.25) is 0 Å². The Morgan fingerprint density at radius 2 is 1.07 bits per heavy atom. The van der Waals surface area contributed by atoms with Gasteiger partial charge in [0.15, 0.2) is 0 Å². The number of hydrogen-bond donors (Lipinski definition) is 0. The summed E-state index contributed by atoms with van der Waals surface area (Å²) < 4.78 is 45.3. The molecule has 0 radical (unpaired) electrons. The molecular weight excluding hydrogens is 696 g/mol. The second kappa shape index (κ2) is 22.1. The summed E-state index contributed by atoms with van der Waals surface area (Å²) in [5.74, 6) is 0.878. The summed E-state index contributed by atoms with van der Waals surface area (Å²) in [6.45, 7) is 6.83. The third-order valence-electron chi connectivity index (χ3n) is 11.9. The Labute approximate surface area is 326 Å². The Balaban J connectivity index is 0.000000184. The van der Waals surface area contributed by atoms with Gasteiger partial charge in [-0.15, -0.1) is 0 Å². The van der Waals surface area contributed by atoms with Crippen LogP contribution < -0.4 is 4.74 Å². The zero-order valence-electron chi connectivity index (χ0n) is 32.8. The molecule has 3 fully saturated rings. The van der Waals surface area contributed by atoms with Gasteiger partial charge in [0, 0.05) is 12.1 Å². The average molecular weight is 752 g/mol. The number of rotatable bonds is 8. The predicted octanol–water partition coefficient (Wildman–Crippen LogP) is 12.3. The Morgan fingerprint density at radius 3 is 1.53 bits per heavy atom. The predicted molar refractivity (Wildman–Crippen MR) is 209 cm³/mol. The summed E-state index contributed by atoms with van der Waals surface area (Å²) in [6, 6.07) is 20.2. The minimum Gasteiger partial charge on any atom is -0.426 e. The molecule has 55 heavy (non-hydrogen) atoms. The molecule has 3 aromatic rings. The van der Waals surface area contributed by atoms with Gasteiger partial charge in [-0.05, 0) is 116 Å². The monoisotopic (exact) mass is 751 g/mol. The lowest BCUT2D eigenvalue weighted by Gasteiger charge is -2.26. The molecule has 0 heterocycles. The fourth-order valence-electron chi connectivity index (χ4n) is 7.94. The van der Waals surface area contributed by atoms with Crippen molar-refractivity contribution in [2.75, 3.05) is 0 Å². The van der Waals surface area contributed by atoms with Crippen LogP contribution in [0.25, 0.3) is 0 Å². The Hall–Kier alpha value is -4.61. The van der Waals surface area contributed by atoms with E-state index in [0.717, 1.165) is 85.5 Å². The fraction of sp³-hybridized carbons (Fsp3) is 0.532. The van der Waals surface area contributed by atoms with Gasteiger partial charge in [-0.3, -0.25) is 4.79 Å². The molecule has 5 nitrogen and oxygen atoms in total. The smallest absolute Gasteiger partial charge is 0.314 e. The molecule has 0 spiro atoms. The van der Waals surface area contributed by atoms with Crippen molar-refractivity contribution in [3.63, 3.8) is 0 Å². The molecule has 3 aliphatic rings. The van der Waals surface area contributed by atoms with Crippen molar-refractivity contribution in [1.29, 1.82) is 15.8 Å². The van der Waals surface area contributed by atoms with Crippen LogP contribution in [0.3, 0.4) is 0 Å². The van der Waals surface area contributed by atoms with Crippen molar-refractivity contribution in [3.05, 3.63) is 99.9 Å². The van der Waals surface area contributed by atoms with E-state index in [9.17, 15) is 18.0 Å². The van der Waals surface area contributed by atoms with E-state index < -0.39 is 23.2 Å². The third kappa shape index (κ3) is 14.2. The molecule has 8 heteroatoms. The van der Waals surface area contributed by atoms with Gasteiger partial charge in [-0.1, -0.05) is 90.3 Å². The van der Waals surface area contributed by atoms with Crippen LogP contribution in [-0.4, -0.2) is 5.97 Å². The van der Waals surface area contributed by atoms with E-state index in [1.54, 1.807) is 6.07 Å². The van der Waals surface area contributed by atoms with Crippen molar-refractivity contribution >= 4 is 5.97 Å². The summed E-state index contributed by atoms with van der Waals surface area (Å²) in [7, 11) is 0. The minimum atomic E-state index is -1.02. The van der Waals surface area contributed by atoms with Gasteiger partial charge >= 0.3 is 5.97 Å². The normalized spacial score (nSPS) is 23.3. The summed E-state index contributed by atoms with van der Waals surface area (Å²) in [5, 5.41) is 26.0. The number of aryl methyl sites for hydroxylation is 2. The first kappa shape index (κ1) is 43.1. The molecule has 0 bridgehead atoms. The highest BCUT2D eigenvalue weighted by molar-refractivity contribution is 5.75. The number of esters is 1. The number of hydrogen-bond acceptors (Lipinski definition) is 5. The van der Waals surface area contributed by atoms with E-state index in [2.05, 4.69) is 39.0 Å². The Morgan fingerprint density at radius 1 is 0.600 bits per heavy atom. The molecule has 3 aromatic carbocycles. The lowest BCUT2D eigenvalue weighted by molar-refractivity contribution is -0.140. The Bertz CT molecular complexity index is 1780. The van der Waals surface area contributed by atoms with E-state index in [1.807, 2.05) is 24.3 Å². The number of nitrogens with zero attached hydrogens (tertiary/aromatic N) is 3. The van der Waals surface area contributed by atoms with Gasteiger partial charge in [0.05, 0.1) is 23.1 Å². The number of nitriles is 3. The summed E-state index contributed by atoms with van der Waals surface area (Å²) in [6.07, 6.45) is 18.9. The molecule has 6 rings (SSSR count). The van der Waals surface area contributed by atoms with Gasteiger partial charge < -0.3 is 4.74 Å². The van der Waals surface area contributed by atoms with Crippen LogP contribution >= 0.6 is 0 Å².